The average molecular weight is 1000 g/mol. The second-order valence-electron chi connectivity index (χ2n) is 21.2. The fourth-order valence-corrected chi connectivity index (χ4v) is 10.9. The van der Waals surface area contributed by atoms with Crippen molar-refractivity contribution in [3.8, 4) is 10.4 Å². The van der Waals surface area contributed by atoms with E-state index in [1.165, 1.54) is 11.0 Å². The molecule has 2 aromatic heterocycles. The number of likely N-dealkylation sites (tertiary alicyclic amines) is 4. The lowest BCUT2D eigenvalue weighted by molar-refractivity contribution is -0.144. The molecule has 0 saturated carbocycles. The number of β-amino-alcohol motifs (C(OH)–C–C–N with tert-alkyl or cyclic N) is 1. The van der Waals surface area contributed by atoms with Crippen molar-refractivity contribution in [2.45, 2.75) is 122 Å². The molecule has 0 aliphatic carbocycles. The lowest BCUT2D eigenvalue weighted by Gasteiger charge is -2.55. The molecule has 20 heteroatoms. The van der Waals surface area contributed by atoms with Gasteiger partial charge in [0.25, 0.3) is 5.91 Å². The van der Waals surface area contributed by atoms with Crippen molar-refractivity contribution < 1.29 is 37.5 Å². The molecule has 380 valence electrons. The van der Waals surface area contributed by atoms with Gasteiger partial charge >= 0.3 is 6.18 Å². The van der Waals surface area contributed by atoms with Gasteiger partial charge in [-0.2, -0.15) is 18.3 Å². The number of aliphatic hydroxyl groups excluding tert-OH is 1. The van der Waals surface area contributed by atoms with Gasteiger partial charge in [-0.25, -0.2) is 9.83 Å². The molecule has 4 aromatic rings. The Bertz CT molecular complexity index is 2640. The highest BCUT2D eigenvalue weighted by atomic mass is 32.1. The predicted molar refractivity (Wildman–Crippen MR) is 263 cm³/mol. The minimum atomic E-state index is -4.74. The molecule has 4 atom stereocenters. The number of benzene rings is 2. The molecule has 4 aliphatic rings. The van der Waals surface area contributed by atoms with Crippen LogP contribution in [0.1, 0.15) is 95.1 Å². The molecule has 71 heavy (non-hydrogen) atoms. The third-order valence-electron chi connectivity index (χ3n) is 14.7. The number of hydrogen-bond acceptors (Lipinski definition) is 11. The molecule has 4 amide bonds. The second kappa shape index (κ2) is 20.4. The van der Waals surface area contributed by atoms with Gasteiger partial charge < -0.3 is 26.0 Å². The summed E-state index contributed by atoms with van der Waals surface area (Å²) in [5.41, 5.74) is 2.16. The van der Waals surface area contributed by atoms with Crippen LogP contribution in [0.15, 0.2) is 60.4 Å². The van der Waals surface area contributed by atoms with Crippen LogP contribution in [0.3, 0.4) is 0 Å². The van der Waals surface area contributed by atoms with Crippen molar-refractivity contribution in [3.05, 3.63) is 94.2 Å². The monoisotopic (exact) mass is 999 g/mol. The number of aromatic nitrogens is 3. The molecular formula is C51H64F3N11O5S. The maximum Gasteiger partial charge on any atom is 0.407 e. The zero-order chi connectivity index (χ0) is 51.2. The summed E-state index contributed by atoms with van der Waals surface area (Å²) in [4.78, 5) is 71.7. The van der Waals surface area contributed by atoms with Crippen molar-refractivity contribution in [3.63, 3.8) is 0 Å². The first-order chi connectivity index (χ1) is 33.5. The maximum absolute atomic E-state index is 14.2. The van der Waals surface area contributed by atoms with Crippen LogP contribution in [0.5, 0.6) is 0 Å². The number of carbonyl (C=O) groups excluding carboxylic acids is 4. The quantitative estimate of drug-likeness (QED) is 0.107. The summed E-state index contributed by atoms with van der Waals surface area (Å²) in [6, 6.07) is 9.69. The van der Waals surface area contributed by atoms with E-state index >= 15 is 0 Å². The van der Waals surface area contributed by atoms with Crippen LogP contribution < -0.4 is 16.0 Å². The van der Waals surface area contributed by atoms with Gasteiger partial charge in [0.15, 0.2) is 5.69 Å². The highest BCUT2D eigenvalue weighted by molar-refractivity contribution is 7.13. The molecule has 4 N–H and O–H groups in total. The SMILES string of the molecule is [C-]#[N+]c1ccc(NC(=O)C(C)(C)n2cc(C3CCN(C4CN(C5CN(CC(=O)N[C@H](C(=O)N6C[C@H](O)C[C@H]6C(=O)N[C@@H](C)c6ccc(-c7scnc7C)cc6)C(C)(C)C)C5)C4)CC3)cn2)cc1C(F)(F)F. The largest absolute Gasteiger partial charge is 0.407 e. The Morgan fingerprint density at radius 1 is 0.930 bits per heavy atom. The number of nitrogens with zero attached hydrogens (tertiary/aromatic N) is 8. The Balaban J connectivity index is 0.762. The number of amides is 4. The zero-order valence-electron chi connectivity index (χ0n) is 41.3. The number of aryl methyl sites for hydroxylation is 1. The second-order valence-corrected chi connectivity index (χ2v) is 22.1. The first-order valence-corrected chi connectivity index (χ1v) is 25.1. The molecule has 2 aromatic carbocycles. The molecule has 4 fully saturated rings. The highest BCUT2D eigenvalue weighted by Gasteiger charge is 2.46. The van der Waals surface area contributed by atoms with Gasteiger partial charge in [0.1, 0.15) is 17.6 Å². The average Bonchev–Trinajstić information content (AvgIpc) is 4.07. The number of anilines is 1. The van der Waals surface area contributed by atoms with E-state index in [2.05, 4.69) is 45.6 Å². The van der Waals surface area contributed by atoms with Crippen molar-refractivity contribution in [2.75, 3.05) is 57.7 Å². The van der Waals surface area contributed by atoms with Gasteiger partial charge in [0.05, 0.1) is 53.1 Å². The van der Waals surface area contributed by atoms with Gasteiger partial charge in [-0.05, 0) is 93.8 Å². The minimum absolute atomic E-state index is 0.00127. The van der Waals surface area contributed by atoms with E-state index in [-0.39, 0.29) is 49.0 Å². The van der Waals surface area contributed by atoms with Crippen LogP contribution in [0, 0.1) is 18.9 Å². The Hall–Kier alpha value is -5.72. The number of hydrogen-bond donors (Lipinski definition) is 4. The summed E-state index contributed by atoms with van der Waals surface area (Å²) in [7, 11) is 0. The van der Waals surface area contributed by atoms with Crippen molar-refractivity contribution in [2.24, 2.45) is 5.41 Å². The number of carbonyl (C=O) groups is 4. The summed E-state index contributed by atoms with van der Waals surface area (Å²) in [5, 5.41) is 23.8. The lowest BCUT2D eigenvalue weighted by atomic mass is 9.85. The summed E-state index contributed by atoms with van der Waals surface area (Å²) < 4.78 is 42.2. The fraction of sp³-hybridized carbons (Fsp3) is 0.549. The molecule has 0 radical (unpaired) electrons. The number of alkyl halides is 3. The van der Waals surface area contributed by atoms with E-state index in [9.17, 15) is 37.5 Å². The fourth-order valence-electron chi connectivity index (χ4n) is 10.1. The number of nitrogens with one attached hydrogen (secondary N) is 3. The molecule has 4 aliphatic heterocycles. The highest BCUT2D eigenvalue weighted by Crippen LogP contribution is 2.39. The molecule has 0 unspecified atom stereocenters. The first-order valence-electron chi connectivity index (χ1n) is 24.2. The van der Waals surface area contributed by atoms with E-state index < -0.39 is 58.4 Å². The Morgan fingerprint density at radius 2 is 1.61 bits per heavy atom. The van der Waals surface area contributed by atoms with E-state index in [0.717, 1.165) is 91.5 Å². The van der Waals surface area contributed by atoms with E-state index in [4.69, 9.17) is 6.57 Å². The third kappa shape index (κ3) is 11.3. The molecule has 0 spiro atoms. The molecule has 4 saturated heterocycles. The summed E-state index contributed by atoms with van der Waals surface area (Å²) in [5.74, 6) is -1.31. The van der Waals surface area contributed by atoms with Crippen LogP contribution in [0.25, 0.3) is 15.3 Å². The van der Waals surface area contributed by atoms with Crippen LogP contribution in [-0.4, -0.2) is 146 Å². The number of rotatable bonds is 14. The van der Waals surface area contributed by atoms with Gasteiger partial charge in [0, 0.05) is 63.1 Å². The van der Waals surface area contributed by atoms with Crippen LogP contribution in [0.2, 0.25) is 0 Å². The van der Waals surface area contributed by atoms with Crippen molar-refractivity contribution >= 4 is 46.3 Å². The van der Waals surface area contributed by atoms with Crippen LogP contribution in [-0.2, 0) is 30.9 Å². The lowest BCUT2D eigenvalue weighted by Crippen LogP contribution is -2.70. The van der Waals surface area contributed by atoms with Crippen molar-refractivity contribution in [1.82, 2.24) is 45.0 Å². The Morgan fingerprint density at radius 3 is 2.23 bits per heavy atom. The number of halogens is 3. The van der Waals surface area contributed by atoms with Crippen LogP contribution in [0.4, 0.5) is 24.5 Å². The maximum atomic E-state index is 14.2. The normalized spacial score (nSPS) is 21.0. The van der Waals surface area contributed by atoms with Gasteiger partial charge in [-0.15, -0.1) is 11.3 Å². The summed E-state index contributed by atoms with van der Waals surface area (Å²) in [6.45, 7) is 25.2. The molecule has 0 bridgehead atoms. The summed E-state index contributed by atoms with van der Waals surface area (Å²) >= 11 is 1.57. The molecule has 6 heterocycles. The van der Waals surface area contributed by atoms with E-state index in [1.54, 1.807) is 36.1 Å². The van der Waals surface area contributed by atoms with Crippen molar-refractivity contribution in [1.29, 1.82) is 0 Å². The topological polar surface area (TPSA) is 173 Å². The third-order valence-corrected chi connectivity index (χ3v) is 15.7. The minimum Gasteiger partial charge on any atom is -0.391 e. The molecule has 16 nitrogen and oxygen atoms in total. The van der Waals surface area contributed by atoms with E-state index in [1.807, 2.05) is 70.6 Å². The number of aliphatic hydroxyl groups is 1. The summed E-state index contributed by atoms with van der Waals surface area (Å²) in [6.07, 6.45) is -0.0512. The Labute approximate surface area is 416 Å². The van der Waals surface area contributed by atoms with Crippen LogP contribution >= 0.6 is 11.3 Å². The van der Waals surface area contributed by atoms with Gasteiger partial charge in [-0.1, -0.05) is 51.1 Å². The Kier molecular flexibility index (Phi) is 14.8. The van der Waals surface area contributed by atoms with Gasteiger partial charge in [-0.3, -0.25) is 38.6 Å². The predicted octanol–water partition coefficient (Wildman–Crippen LogP) is 6.18. The molecule has 8 rings (SSSR count). The van der Waals surface area contributed by atoms with E-state index in [0.29, 0.717) is 12.1 Å². The first kappa shape index (κ1) is 51.6. The number of piperidine rings is 1. The zero-order valence-corrected chi connectivity index (χ0v) is 42.1. The van der Waals surface area contributed by atoms with Gasteiger partial charge in [0.2, 0.25) is 17.7 Å². The smallest absolute Gasteiger partial charge is 0.391 e. The number of thiazole rings is 1. The molecular weight excluding hydrogens is 936 g/mol. The standard InChI is InChI=1S/C51H64F3N11O5S/c1-30(32-9-11-34(12-10-32)44-31(2)56-29-71-44)58-46(68)42-20-39(66)27-64(42)47(69)45(49(3,4)5)60-43(67)28-61-23-37(24-61)63-25-38(26-63)62-17-15-33(16-18-62)35-21-57-65(22-35)50(6,7)48(70)59-36-13-14-41(55-8)40(19-36)51(52,53)54/h9-14,19,21-22,29-30,33,37-39,42,45,66H,15-18,20,23-28H2,1-7H3,(H,58,68)(H,59,70)(H,60,67)/t30-,39+,42-,45+/m0/s1.